The van der Waals surface area contributed by atoms with Gasteiger partial charge in [-0.2, -0.15) is 5.26 Å². The number of carbonyl (C=O) groups excluding carboxylic acids is 1. The van der Waals surface area contributed by atoms with E-state index in [-0.39, 0.29) is 5.91 Å². The fourth-order valence-electron chi connectivity index (χ4n) is 2.04. The molecule has 1 amide bonds. The number of aromatic nitrogens is 1. The fraction of sp³-hybridized carbons (Fsp3) is 0.312. The van der Waals surface area contributed by atoms with Crippen LogP contribution in [0.1, 0.15) is 35.2 Å². The van der Waals surface area contributed by atoms with E-state index in [0.29, 0.717) is 35.6 Å². The van der Waals surface area contributed by atoms with Gasteiger partial charge in [0.25, 0.3) is 5.91 Å². The maximum Gasteiger partial charge on any atom is 0.261 e. The van der Waals surface area contributed by atoms with Crippen LogP contribution in [0, 0.1) is 18.3 Å². The molecule has 5 nitrogen and oxygen atoms in total. The summed E-state index contributed by atoms with van der Waals surface area (Å²) in [6.07, 6.45) is 1.11. The molecule has 0 bridgehead atoms. The zero-order chi connectivity index (χ0) is 15.9. The molecule has 1 aromatic carbocycles. The first kappa shape index (κ1) is 16.1. The lowest BCUT2D eigenvalue weighted by Crippen LogP contribution is -2.14. The smallest absolute Gasteiger partial charge is 0.261 e. The van der Waals surface area contributed by atoms with Gasteiger partial charge in [-0.3, -0.25) is 4.79 Å². The van der Waals surface area contributed by atoms with Gasteiger partial charge in [0.1, 0.15) is 11.3 Å². The second-order valence-electron chi connectivity index (χ2n) is 4.62. The van der Waals surface area contributed by atoms with Crippen molar-refractivity contribution < 1.29 is 9.32 Å². The normalized spacial score (nSPS) is 10.2. The second kappa shape index (κ2) is 7.66. The molecule has 0 radical (unpaired) electrons. The molecule has 114 valence electrons. The largest absolute Gasteiger partial charge is 0.361 e. The highest BCUT2D eigenvalue weighted by molar-refractivity contribution is 7.99. The van der Waals surface area contributed by atoms with Gasteiger partial charge in [0.05, 0.1) is 17.5 Å². The van der Waals surface area contributed by atoms with Crippen molar-refractivity contribution in [1.29, 1.82) is 5.26 Å². The topological polar surface area (TPSA) is 78.9 Å². The molecule has 1 N–H and O–H groups in total. The van der Waals surface area contributed by atoms with E-state index < -0.39 is 0 Å². The molecule has 1 heterocycles. The Morgan fingerprint density at radius 2 is 2.23 bits per heavy atom. The molecule has 0 aliphatic heterocycles. The first-order valence-corrected chi connectivity index (χ1v) is 8.01. The number of nitriles is 1. The quantitative estimate of drug-likeness (QED) is 0.648. The molecule has 2 aromatic rings. The maximum absolute atomic E-state index is 12.5. The van der Waals surface area contributed by atoms with E-state index in [1.807, 2.05) is 31.2 Å². The van der Waals surface area contributed by atoms with Crippen molar-refractivity contribution in [2.24, 2.45) is 0 Å². The molecule has 0 atom stereocenters. The average molecular weight is 315 g/mol. The molecule has 0 aliphatic rings. The summed E-state index contributed by atoms with van der Waals surface area (Å²) in [5, 5.41) is 15.4. The number of thioether (sulfide) groups is 1. The third-order valence-corrected chi connectivity index (χ3v) is 4.18. The second-order valence-corrected chi connectivity index (χ2v) is 5.76. The minimum Gasteiger partial charge on any atom is -0.361 e. The molecule has 22 heavy (non-hydrogen) atoms. The molecular formula is C16H17N3O2S. The predicted molar refractivity (Wildman–Crippen MR) is 86.0 cm³/mol. The first-order valence-electron chi connectivity index (χ1n) is 7.02. The summed E-state index contributed by atoms with van der Waals surface area (Å²) in [6, 6.07) is 9.67. The summed E-state index contributed by atoms with van der Waals surface area (Å²) >= 11 is 1.55. The van der Waals surface area contributed by atoms with Gasteiger partial charge < -0.3 is 9.84 Å². The lowest BCUT2D eigenvalue weighted by Gasteiger charge is -2.10. The van der Waals surface area contributed by atoms with Crippen molar-refractivity contribution in [2.45, 2.75) is 31.6 Å². The first-order chi connectivity index (χ1) is 10.7. The third kappa shape index (κ3) is 3.68. The Morgan fingerprint density at radius 3 is 2.95 bits per heavy atom. The maximum atomic E-state index is 12.5. The van der Waals surface area contributed by atoms with Crippen molar-refractivity contribution in [3.8, 4) is 6.07 Å². The lowest BCUT2D eigenvalue weighted by molar-refractivity contribution is 0.102. The molecule has 0 saturated carbocycles. The molecule has 0 spiro atoms. The van der Waals surface area contributed by atoms with Crippen molar-refractivity contribution in [1.82, 2.24) is 5.16 Å². The summed E-state index contributed by atoms with van der Waals surface area (Å²) in [7, 11) is 0. The van der Waals surface area contributed by atoms with E-state index in [9.17, 15) is 4.79 Å². The number of amides is 1. The van der Waals surface area contributed by atoms with Crippen LogP contribution in [0.4, 0.5) is 5.69 Å². The van der Waals surface area contributed by atoms with Crippen LogP contribution in [0.3, 0.4) is 0 Å². The monoisotopic (exact) mass is 315 g/mol. The van der Waals surface area contributed by atoms with Gasteiger partial charge in [-0.15, -0.1) is 11.8 Å². The highest BCUT2D eigenvalue weighted by atomic mass is 32.2. The highest BCUT2D eigenvalue weighted by Gasteiger charge is 2.19. The molecule has 6 heteroatoms. The Labute approximate surface area is 133 Å². The molecule has 0 aliphatic carbocycles. The van der Waals surface area contributed by atoms with Crippen LogP contribution in [-0.2, 0) is 6.42 Å². The van der Waals surface area contributed by atoms with Crippen molar-refractivity contribution in [2.75, 3.05) is 11.1 Å². The van der Waals surface area contributed by atoms with E-state index in [4.69, 9.17) is 9.78 Å². The zero-order valence-corrected chi connectivity index (χ0v) is 13.4. The molecule has 2 rings (SSSR count). The number of anilines is 1. The number of para-hydroxylation sites is 1. The van der Waals surface area contributed by atoms with Gasteiger partial charge in [0.15, 0.2) is 0 Å². The molecule has 0 unspecified atom stereocenters. The number of hydrogen-bond acceptors (Lipinski definition) is 5. The zero-order valence-electron chi connectivity index (χ0n) is 12.5. The highest BCUT2D eigenvalue weighted by Crippen LogP contribution is 2.28. The number of nitrogens with one attached hydrogen (secondary N) is 1. The van der Waals surface area contributed by atoms with Crippen LogP contribution >= 0.6 is 11.8 Å². The van der Waals surface area contributed by atoms with E-state index in [1.54, 1.807) is 18.7 Å². The Hall–Kier alpha value is -2.26. The number of carbonyl (C=O) groups is 1. The number of benzene rings is 1. The van der Waals surface area contributed by atoms with Gasteiger partial charge in [-0.05, 0) is 25.5 Å². The molecule has 0 saturated heterocycles. The van der Waals surface area contributed by atoms with Gasteiger partial charge in [0.2, 0.25) is 0 Å². The number of aryl methyl sites for hydroxylation is 2. The van der Waals surface area contributed by atoms with Crippen molar-refractivity contribution in [3.63, 3.8) is 0 Å². The Balaban J connectivity index is 2.18. The Bertz CT molecular complexity index is 704. The van der Waals surface area contributed by atoms with Crippen molar-refractivity contribution >= 4 is 23.4 Å². The number of nitrogens with zero attached hydrogens (tertiary/aromatic N) is 2. The van der Waals surface area contributed by atoms with Crippen LogP contribution in [0.2, 0.25) is 0 Å². The van der Waals surface area contributed by atoms with Gasteiger partial charge in [-0.25, -0.2) is 0 Å². The van der Waals surface area contributed by atoms with Gasteiger partial charge in [-0.1, -0.05) is 24.2 Å². The summed E-state index contributed by atoms with van der Waals surface area (Å²) in [6.45, 7) is 3.66. The third-order valence-electron chi connectivity index (χ3n) is 3.10. The van der Waals surface area contributed by atoms with Gasteiger partial charge in [0, 0.05) is 17.1 Å². The number of rotatable bonds is 6. The average Bonchev–Trinajstić information content (AvgIpc) is 2.90. The number of hydrogen-bond donors (Lipinski definition) is 1. The van der Waals surface area contributed by atoms with Crippen LogP contribution in [0.25, 0.3) is 0 Å². The summed E-state index contributed by atoms with van der Waals surface area (Å²) in [4.78, 5) is 13.4. The van der Waals surface area contributed by atoms with Gasteiger partial charge >= 0.3 is 0 Å². The molecular weight excluding hydrogens is 298 g/mol. The van der Waals surface area contributed by atoms with Crippen molar-refractivity contribution in [3.05, 3.63) is 41.3 Å². The van der Waals surface area contributed by atoms with E-state index in [1.165, 1.54) is 0 Å². The minimum atomic E-state index is -0.219. The standard InChI is InChI=1S/C16H17N3O2S/c1-3-12-15(11(2)21-19-12)16(20)18-13-7-4-5-8-14(13)22-10-6-9-17/h4-5,7-8H,3,6,10H2,1-2H3,(H,18,20). The van der Waals surface area contributed by atoms with Crippen LogP contribution in [0.15, 0.2) is 33.7 Å². The summed E-state index contributed by atoms with van der Waals surface area (Å²) in [5.41, 5.74) is 1.89. The minimum absolute atomic E-state index is 0.219. The van der Waals surface area contributed by atoms with Crippen LogP contribution < -0.4 is 5.32 Å². The van der Waals surface area contributed by atoms with Crippen LogP contribution in [0.5, 0.6) is 0 Å². The molecule has 1 aromatic heterocycles. The SMILES string of the molecule is CCc1noc(C)c1C(=O)Nc1ccccc1SCCC#N. The van der Waals surface area contributed by atoms with E-state index in [2.05, 4.69) is 16.5 Å². The Kier molecular flexibility index (Phi) is 5.61. The summed E-state index contributed by atoms with van der Waals surface area (Å²) < 4.78 is 5.10. The van der Waals surface area contributed by atoms with E-state index >= 15 is 0 Å². The van der Waals surface area contributed by atoms with E-state index in [0.717, 1.165) is 10.6 Å². The fourth-order valence-corrected chi connectivity index (χ4v) is 2.90. The summed E-state index contributed by atoms with van der Waals surface area (Å²) in [5.74, 6) is 0.989. The lowest BCUT2D eigenvalue weighted by atomic mass is 10.1. The Morgan fingerprint density at radius 1 is 1.45 bits per heavy atom. The van der Waals surface area contributed by atoms with Crippen LogP contribution in [-0.4, -0.2) is 16.8 Å². The predicted octanol–water partition coefficient (Wildman–Crippen LogP) is 3.80. The molecule has 0 fully saturated rings.